The fourth-order valence-corrected chi connectivity index (χ4v) is 2.36. The van der Waals surface area contributed by atoms with E-state index in [-0.39, 0.29) is 5.97 Å². The number of carbonyl (C=O) groups excluding carboxylic acids is 1. The average molecular weight is 222 g/mol. The van der Waals surface area contributed by atoms with Crippen LogP contribution in [0.2, 0.25) is 0 Å². The second-order valence-corrected chi connectivity index (χ2v) is 4.09. The summed E-state index contributed by atoms with van der Waals surface area (Å²) in [4.78, 5) is 11.7. The molecule has 0 amide bonds. The molecule has 3 nitrogen and oxygen atoms in total. The molecular weight excluding hydrogens is 204 g/mol. The lowest BCUT2D eigenvalue weighted by molar-refractivity contribution is 0.0486. The van der Waals surface area contributed by atoms with Gasteiger partial charge in [-0.25, -0.2) is 4.79 Å². The Morgan fingerprint density at radius 3 is 2.56 bits per heavy atom. The van der Waals surface area contributed by atoms with Crippen molar-refractivity contribution in [3.8, 4) is 0 Å². The molecule has 1 aliphatic rings. The highest BCUT2D eigenvalue weighted by Crippen LogP contribution is 2.31. The molecule has 1 heterocycles. The molecule has 0 aliphatic heterocycles. The molecule has 0 aromatic carbocycles. The number of fused-ring (bicyclic) bond motifs is 1. The van der Waals surface area contributed by atoms with Crippen molar-refractivity contribution in [3.05, 3.63) is 22.6 Å². The minimum absolute atomic E-state index is 0.305. The zero-order chi connectivity index (χ0) is 11.5. The summed E-state index contributed by atoms with van der Waals surface area (Å²) >= 11 is 0. The van der Waals surface area contributed by atoms with E-state index in [4.69, 9.17) is 9.15 Å². The Balaban J connectivity index is 2.38. The van der Waals surface area contributed by atoms with Gasteiger partial charge in [0.2, 0.25) is 5.76 Å². The van der Waals surface area contributed by atoms with Gasteiger partial charge in [-0.1, -0.05) is 6.92 Å². The Labute approximate surface area is 95.8 Å². The monoisotopic (exact) mass is 222 g/mol. The summed E-state index contributed by atoms with van der Waals surface area (Å²) in [6.45, 7) is 4.27. The summed E-state index contributed by atoms with van der Waals surface area (Å²) < 4.78 is 10.7. The quantitative estimate of drug-likeness (QED) is 0.738. The van der Waals surface area contributed by atoms with Crippen LogP contribution >= 0.6 is 0 Å². The molecule has 0 saturated heterocycles. The van der Waals surface area contributed by atoms with Gasteiger partial charge in [0.15, 0.2) is 0 Å². The number of hydrogen-bond acceptors (Lipinski definition) is 3. The molecule has 0 spiro atoms. The highest BCUT2D eigenvalue weighted by Gasteiger charge is 2.26. The highest BCUT2D eigenvalue weighted by molar-refractivity contribution is 5.88. The third kappa shape index (κ3) is 1.86. The van der Waals surface area contributed by atoms with Crippen LogP contribution in [-0.4, -0.2) is 12.6 Å². The van der Waals surface area contributed by atoms with Crippen molar-refractivity contribution in [1.29, 1.82) is 0 Å². The topological polar surface area (TPSA) is 39.4 Å². The largest absolute Gasteiger partial charge is 0.460 e. The lowest BCUT2D eigenvalue weighted by Gasteiger charge is -2.11. The zero-order valence-electron chi connectivity index (χ0n) is 9.97. The van der Waals surface area contributed by atoms with E-state index in [1.807, 2.05) is 6.92 Å². The third-order valence-corrected chi connectivity index (χ3v) is 3.09. The van der Waals surface area contributed by atoms with Gasteiger partial charge in [0.25, 0.3) is 0 Å². The summed E-state index contributed by atoms with van der Waals surface area (Å²) in [5.41, 5.74) is 2.36. The first-order chi connectivity index (χ1) is 7.77. The van der Waals surface area contributed by atoms with Gasteiger partial charge in [0.1, 0.15) is 5.76 Å². The zero-order valence-corrected chi connectivity index (χ0v) is 9.97. The number of esters is 1. The van der Waals surface area contributed by atoms with Gasteiger partial charge < -0.3 is 9.15 Å². The van der Waals surface area contributed by atoms with E-state index in [0.717, 1.165) is 37.0 Å². The molecule has 1 aromatic heterocycles. The highest BCUT2D eigenvalue weighted by atomic mass is 16.5. The van der Waals surface area contributed by atoms with Crippen LogP contribution in [0.25, 0.3) is 0 Å². The molecule has 0 bridgehead atoms. The molecule has 0 radical (unpaired) electrons. The SMILES string of the molecule is CCOC(=O)c1oc(CC)c2c1CCCC2. The van der Waals surface area contributed by atoms with Crippen LogP contribution in [0.5, 0.6) is 0 Å². The molecule has 0 unspecified atom stereocenters. The van der Waals surface area contributed by atoms with Crippen LogP contribution in [0.15, 0.2) is 4.42 Å². The lowest BCUT2D eigenvalue weighted by Crippen LogP contribution is -2.09. The Morgan fingerprint density at radius 2 is 1.94 bits per heavy atom. The number of carbonyl (C=O) groups is 1. The molecule has 88 valence electrons. The Morgan fingerprint density at radius 1 is 1.25 bits per heavy atom. The predicted molar refractivity (Wildman–Crippen MR) is 60.7 cm³/mol. The fourth-order valence-electron chi connectivity index (χ4n) is 2.36. The predicted octanol–water partition coefficient (Wildman–Crippen LogP) is 2.90. The van der Waals surface area contributed by atoms with Crippen molar-refractivity contribution >= 4 is 5.97 Å². The number of ether oxygens (including phenoxy) is 1. The molecule has 1 aliphatic carbocycles. The van der Waals surface area contributed by atoms with Crippen LogP contribution in [0, 0.1) is 0 Å². The van der Waals surface area contributed by atoms with Gasteiger partial charge in [0.05, 0.1) is 6.61 Å². The van der Waals surface area contributed by atoms with E-state index in [1.54, 1.807) is 0 Å². The summed E-state index contributed by atoms with van der Waals surface area (Å²) in [7, 11) is 0. The van der Waals surface area contributed by atoms with Gasteiger partial charge >= 0.3 is 5.97 Å². The summed E-state index contributed by atoms with van der Waals surface area (Å²) in [6.07, 6.45) is 5.18. The van der Waals surface area contributed by atoms with Crippen molar-refractivity contribution < 1.29 is 13.9 Å². The van der Waals surface area contributed by atoms with Crippen LogP contribution < -0.4 is 0 Å². The van der Waals surface area contributed by atoms with Gasteiger partial charge in [-0.15, -0.1) is 0 Å². The number of hydrogen-bond donors (Lipinski definition) is 0. The number of furan rings is 1. The fraction of sp³-hybridized carbons (Fsp3) is 0.615. The minimum Gasteiger partial charge on any atom is -0.460 e. The van der Waals surface area contributed by atoms with E-state index in [0.29, 0.717) is 12.4 Å². The van der Waals surface area contributed by atoms with Crippen molar-refractivity contribution in [2.24, 2.45) is 0 Å². The first-order valence-corrected chi connectivity index (χ1v) is 6.08. The maximum Gasteiger partial charge on any atom is 0.374 e. The Bertz CT molecular complexity index is 390. The van der Waals surface area contributed by atoms with E-state index >= 15 is 0 Å². The van der Waals surface area contributed by atoms with Crippen molar-refractivity contribution in [1.82, 2.24) is 0 Å². The Hall–Kier alpha value is -1.25. The van der Waals surface area contributed by atoms with Crippen LogP contribution in [0.3, 0.4) is 0 Å². The molecule has 1 aromatic rings. The molecule has 0 saturated carbocycles. The van der Waals surface area contributed by atoms with E-state index < -0.39 is 0 Å². The van der Waals surface area contributed by atoms with Gasteiger partial charge in [0, 0.05) is 12.0 Å². The first-order valence-electron chi connectivity index (χ1n) is 6.08. The average Bonchev–Trinajstić information content (AvgIpc) is 2.68. The van der Waals surface area contributed by atoms with Crippen LogP contribution in [-0.2, 0) is 24.0 Å². The second kappa shape index (κ2) is 4.73. The molecule has 0 atom stereocenters. The van der Waals surface area contributed by atoms with Gasteiger partial charge in [-0.05, 0) is 38.2 Å². The summed E-state index contributed by atoms with van der Waals surface area (Å²) in [5, 5.41) is 0. The van der Waals surface area contributed by atoms with Gasteiger partial charge in [-0.2, -0.15) is 0 Å². The maximum atomic E-state index is 11.7. The number of aryl methyl sites for hydroxylation is 1. The van der Waals surface area contributed by atoms with E-state index in [1.165, 1.54) is 12.0 Å². The molecule has 3 heteroatoms. The Kier molecular flexibility index (Phi) is 3.32. The number of rotatable bonds is 3. The van der Waals surface area contributed by atoms with E-state index in [2.05, 4.69) is 6.92 Å². The van der Waals surface area contributed by atoms with Crippen LogP contribution in [0.1, 0.15) is 54.1 Å². The lowest BCUT2D eigenvalue weighted by atomic mass is 9.91. The second-order valence-electron chi connectivity index (χ2n) is 4.09. The van der Waals surface area contributed by atoms with Crippen LogP contribution in [0.4, 0.5) is 0 Å². The molecule has 16 heavy (non-hydrogen) atoms. The maximum absolute atomic E-state index is 11.7. The standard InChI is InChI=1S/C13H18O3/c1-3-11-9-7-5-6-8-10(9)12(16-11)13(14)15-4-2/h3-8H2,1-2H3. The van der Waals surface area contributed by atoms with E-state index in [9.17, 15) is 4.79 Å². The minimum atomic E-state index is -0.305. The summed E-state index contributed by atoms with van der Waals surface area (Å²) in [5.74, 6) is 1.12. The molecule has 0 fully saturated rings. The van der Waals surface area contributed by atoms with Crippen molar-refractivity contribution in [2.75, 3.05) is 6.61 Å². The van der Waals surface area contributed by atoms with Crippen molar-refractivity contribution in [2.45, 2.75) is 46.0 Å². The molecule has 0 N–H and O–H groups in total. The van der Waals surface area contributed by atoms with Crippen molar-refractivity contribution in [3.63, 3.8) is 0 Å². The normalized spacial score (nSPS) is 14.6. The third-order valence-electron chi connectivity index (χ3n) is 3.09. The molecule has 2 rings (SSSR count). The molecular formula is C13H18O3. The summed E-state index contributed by atoms with van der Waals surface area (Å²) in [6, 6.07) is 0. The first kappa shape index (κ1) is 11.2. The van der Waals surface area contributed by atoms with Gasteiger partial charge in [-0.3, -0.25) is 0 Å². The smallest absolute Gasteiger partial charge is 0.374 e.